The summed E-state index contributed by atoms with van der Waals surface area (Å²) >= 11 is 12.0. The maximum atomic E-state index is 13.4. The first-order chi connectivity index (χ1) is 20.0. The zero-order valence-electron chi connectivity index (χ0n) is 23.9. The van der Waals surface area contributed by atoms with Gasteiger partial charge < -0.3 is 15.5 Å². The van der Waals surface area contributed by atoms with Gasteiger partial charge in [-0.05, 0) is 61.1 Å². The van der Waals surface area contributed by atoms with E-state index >= 15 is 0 Å². The number of nitrogens with one attached hydrogen (secondary N) is 3. The van der Waals surface area contributed by atoms with Crippen molar-refractivity contribution in [3.05, 3.63) is 94.5 Å². The van der Waals surface area contributed by atoms with Gasteiger partial charge in [-0.15, -0.1) is 0 Å². The van der Waals surface area contributed by atoms with E-state index in [1.165, 1.54) is 18.2 Å². The minimum atomic E-state index is -3.81. The average molecular weight is 634 g/mol. The van der Waals surface area contributed by atoms with Crippen molar-refractivity contribution in [2.75, 3.05) is 25.0 Å². The highest BCUT2D eigenvalue weighted by Crippen LogP contribution is 2.24. The number of hydrogen-bond donors (Lipinski definition) is 3. The Morgan fingerprint density at radius 3 is 2.21 bits per heavy atom. The summed E-state index contributed by atoms with van der Waals surface area (Å²) in [6.07, 6.45) is 1.96. The molecule has 42 heavy (non-hydrogen) atoms. The molecule has 3 rings (SSSR count). The second kappa shape index (κ2) is 16.5. The van der Waals surface area contributed by atoms with Crippen molar-refractivity contribution in [2.45, 2.75) is 50.5 Å². The van der Waals surface area contributed by atoms with Crippen LogP contribution in [0, 0.1) is 5.92 Å². The van der Waals surface area contributed by atoms with E-state index in [9.17, 15) is 18.0 Å². The smallest absolute Gasteiger partial charge is 0.319 e. The molecule has 1 atom stereocenters. The van der Waals surface area contributed by atoms with Gasteiger partial charge in [-0.3, -0.25) is 4.79 Å². The van der Waals surface area contributed by atoms with Gasteiger partial charge in [-0.1, -0.05) is 85.6 Å². The third-order valence-corrected chi connectivity index (χ3v) is 8.62. The summed E-state index contributed by atoms with van der Waals surface area (Å²) in [6, 6.07) is 22.3. The number of carbonyl (C=O) groups excluding carboxylic acids is 2. The predicted molar refractivity (Wildman–Crippen MR) is 169 cm³/mol. The normalized spacial score (nSPS) is 12.1. The van der Waals surface area contributed by atoms with Crippen LogP contribution in [-0.4, -0.2) is 50.9 Å². The lowest BCUT2D eigenvalue weighted by molar-refractivity contribution is -0.131. The first-order valence-corrected chi connectivity index (χ1v) is 16.2. The molecule has 0 radical (unpaired) electrons. The molecule has 0 aliphatic carbocycles. The number of carbonyl (C=O) groups is 2. The van der Waals surface area contributed by atoms with Crippen molar-refractivity contribution in [1.82, 2.24) is 14.9 Å². The minimum absolute atomic E-state index is 0.0374. The van der Waals surface area contributed by atoms with Crippen LogP contribution in [0.4, 0.5) is 10.5 Å². The van der Waals surface area contributed by atoms with Crippen LogP contribution in [0.1, 0.15) is 38.7 Å². The Balaban J connectivity index is 1.64. The Labute approximate surface area is 258 Å². The van der Waals surface area contributed by atoms with Crippen molar-refractivity contribution < 1.29 is 18.0 Å². The monoisotopic (exact) mass is 632 g/mol. The SMILES string of the molecule is CC(C)C[C@H](CN(CCCCNS(=O)(=O)c1ccc(Cl)cc1Cl)C(=O)Cc1ccccc1)NC(=O)Nc1ccccc1. The first-order valence-electron chi connectivity index (χ1n) is 13.9. The number of amides is 3. The van der Waals surface area contributed by atoms with Crippen LogP contribution in [0.15, 0.2) is 83.8 Å². The molecule has 3 amide bonds. The van der Waals surface area contributed by atoms with Crippen LogP contribution in [0.5, 0.6) is 0 Å². The van der Waals surface area contributed by atoms with Gasteiger partial charge in [0.25, 0.3) is 0 Å². The zero-order chi connectivity index (χ0) is 30.5. The fourth-order valence-corrected chi connectivity index (χ4v) is 6.34. The van der Waals surface area contributed by atoms with E-state index in [0.717, 1.165) is 5.56 Å². The molecule has 226 valence electrons. The van der Waals surface area contributed by atoms with Crippen molar-refractivity contribution in [3.63, 3.8) is 0 Å². The molecule has 11 heteroatoms. The Morgan fingerprint density at radius 1 is 0.905 bits per heavy atom. The Kier molecular flexibility index (Phi) is 13.1. The highest BCUT2D eigenvalue weighted by molar-refractivity contribution is 7.89. The topological polar surface area (TPSA) is 108 Å². The van der Waals surface area contributed by atoms with Crippen LogP contribution in [-0.2, 0) is 21.2 Å². The predicted octanol–water partition coefficient (Wildman–Crippen LogP) is 6.36. The van der Waals surface area contributed by atoms with Crippen LogP contribution in [0.25, 0.3) is 0 Å². The van der Waals surface area contributed by atoms with E-state index in [0.29, 0.717) is 43.1 Å². The molecule has 0 aliphatic heterocycles. The summed E-state index contributed by atoms with van der Waals surface area (Å²) in [5.41, 5.74) is 1.58. The maximum absolute atomic E-state index is 13.4. The molecule has 0 fully saturated rings. The van der Waals surface area contributed by atoms with Gasteiger partial charge in [0.1, 0.15) is 4.90 Å². The van der Waals surface area contributed by atoms with Crippen molar-refractivity contribution in [2.24, 2.45) is 5.92 Å². The fraction of sp³-hybridized carbons (Fsp3) is 0.355. The molecule has 0 spiro atoms. The van der Waals surface area contributed by atoms with Crippen LogP contribution in [0.3, 0.4) is 0 Å². The molecule has 0 unspecified atom stereocenters. The third-order valence-electron chi connectivity index (χ3n) is 6.44. The van der Waals surface area contributed by atoms with Gasteiger partial charge >= 0.3 is 6.03 Å². The fourth-order valence-electron chi connectivity index (χ4n) is 4.49. The molecule has 0 aromatic heterocycles. The summed E-state index contributed by atoms with van der Waals surface area (Å²) in [5.74, 6) is 0.223. The molecule has 3 N–H and O–H groups in total. The lowest BCUT2D eigenvalue weighted by Gasteiger charge is -2.29. The summed E-state index contributed by atoms with van der Waals surface area (Å²) in [4.78, 5) is 28.0. The second-order valence-corrected chi connectivity index (χ2v) is 13.1. The van der Waals surface area contributed by atoms with E-state index in [1.54, 1.807) is 4.90 Å². The molecule has 0 saturated carbocycles. The van der Waals surface area contributed by atoms with Gasteiger partial charge in [0.05, 0.1) is 11.4 Å². The molecule has 3 aromatic rings. The van der Waals surface area contributed by atoms with Crippen LogP contribution < -0.4 is 15.4 Å². The summed E-state index contributed by atoms with van der Waals surface area (Å²) in [6.45, 7) is 5.05. The van der Waals surface area contributed by atoms with Crippen LogP contribution >= 0.6 is 23.2 Å². The van der Waals surface area contributed by atoms with Crippen molar-refractivity contribution in [3.8, 4) is 0 Å². The highest BCUT2D eigenvalue weighted by Gasteiger charge is 2.22. The number of hydrogen-bond acceptors (Lipinski definition) is 4. The third kappa shape index (κ3) is 11.3. The number of benzene rings is 3. The van der Waals surface area contributed by atoms with E-state index in [2.05, 4.69) is 29.2 Å². The number of unbranched alkanes of at least 4 members (excludes halogenated alkanes) is 1. The zero-order valence-corrected chi connectivity index (χ0v) is 26.2. The number of nitrogens with zero attached hydrogens (tertiary/aromatic N) is 1. The van der Waals surface area contributed by atoms with E-state index in [4.69, 9.17) is 23.2 Å². The Hall–Kier alpha value is -3.11. The van der Waals surface area contributed by atoms with E-state index in [-0.39, 0.29) is 46.8 Å². The quantitative estimate of drug-likeness (QED) is 0.169. The van der Waals surface area contributed by atoms with Gasteiger partial charge in [-0.25, -0.2) is 17.9 Å². The van der Waals surface area contributed by atoms with Gasteiger partial charge in [-0.2, -0.15) is 0 Å². The molecule has 8 nitrogen and oxygen atoms in total. The van der Waals surface area contributed by atoms with Crippen molar-refractivity contribution in [1.29, 1.82) is 0 Å². The number of urea groups is 1. The number of anilines is 1. The van der Waals surface area contributed by atoms with E-state index < -0.39 is 10.0 Å². The summed E-state index contributed by atoms with van der Waals surface area (Å²) in [5, 5.41) is 6.28. The molecular formula is C31H38Cl2N4O4S. The maximum Gasteiger partial charge on any atom is 0.319 e. The molecule has 0 heterocycles. The summed E-state index contributed by atoms with van der Waals surface area (Å²) in [7, 11) is -3.81. The lowest BCUT2D eigenvalue weighted by atomic mass is 10.0. The molecular weight excluding hydrogens is 595 g/mol. The average Bonchev–Trinajstić information content (AvgIpc) is 2.92. The Bertz CT molecular complexity index is 1410. The van der Waals surface area contributed by atoms with Gasteiger partial charge in [0, 0.05) is 36.4 Å². The molecule has 0 aliphatic rings. The molecule has 0 bridgehead atoms. The largest absolute Gasteiger partial charge is 0.340 e. The first kappa shape index (κ1) is 33.4. The van der Waals surface area contributed by atoms with Gasteiger partial charge in [0.2, 0.25) is 15.9 Å². The number of halogens is 2. The van der Waals surface area contributed by atoms with Crippen LogP contribution in [0.2, 0.25) is 10.0 Å². The van der Waals surface area contributed by atoms with Gasteiger partial charge in [0.15, 0.2) is 0 Å². The number of rotatable bonds is 15. The number of sulfonamides is 1. The Morgan fingerprint density at radius 2 is 1.57 bits per heavy atom. The molecule has 0 saturated heterocycles. The number of para-hydroxylation sites is 1. The molecule has 3 aromatic carbocycles. The minimum Gasteiger partial charge on any atom is -0.340 e. The lowest BCUT2D eigenvalue weighted by Crippen LogP contribution is -2.48. The highest BCUT2D eigenvalue weighted by atomic mass is 35.5. The second-order valence-electron chi connectivity index (χ2n) is 10.5. The standard InChI is InChI=1S/C31H38Cl2N4O4S/c1-23(2)19-27(36-31(39)35-26-13-7-4-8-14-26)22-37(30(38)20-24-11-5-3-6-12-24)18-10-9-17-34-42(40,41)29-16-15-25(32)21-28(29)33/h3-8,11-16,21,23,27,34H,9-10,17-20,22H2,1-2H3,(H2,35,36,39)/t27-/m1/s1. The van der Waals surface area contributed by atoms with Crippen molar-refractivity contribution >= 4 is 50.9 Å². The summed E-state index contributed by atoms with van der Waals surface area (Å²) < 4.78 is 28.0. The van der Waals surface area contributed by atoms with E-state index in [1.807, 2.05) is 60.7 Å².